The second kappa shape index (κ2) is 8.93. The molecule has 0 radical (unpaired) electrons. The van der Waals surface area contributed by atoms with E-state index in [9.17, 15) is 18.8 Å². The first-order chi connectivity index (χ1) is 12.8. The maximum atomic E-state index is 13.2. The van der Waals surface area contributed by atoms with E-state index in [-0.39, 0.29) is 18.0 Å². The molecule has 0 heterocycles. The van der Waals surface area contributed by atoms with E-state index in [1.165, 1.54) is 32.2 Å². The molecule has 1 N–H and O–H groups in total. The van der Waals surface area contributed by atoms with Crippen LogP contribution in [0.25, 0.3) is 0 Å². The molecule has 2 rings (SSSR count). The Morgan fingerprint density at radius 1 is 1.15 bits per heavy atom. The lowest BCUT2D eigenvalue weighted by atomic mass is 10.2. The molecule has 0 bridgehead atoms. The number of hydrogen-bond donors (Lipinski definition) is 1. The highest BCUT2D eigenvalue weighted by Gasteiger charge is 2.23. The van der Waals surface area contributed by atoms with Crippen molar-refractivity contribution in [1.82, 2.24) is 4.90 Å². The van der Waals surface area contributed by atoms with E-state index in [4.69, 9.17) is 4.74 Å². The Morgan fingerprint density at radius 2 is 1.81 bits per heavy atom. The molecule has 2 aromatic rings. The van der Waals surface area contributed by atoms with Crippen molar-refractivity contribution in [1.29, 1.82) is 0 Å². The molecule has 0 saturated carbocycles. The van der Waals surface area contributed by atoms with Gasteiger partial charge in [0.05, 0.1) is 12.1 Å². The van der Waals surface area contributed by atoms with Gasteiger partial charge in [0, 0.05) is 12.7 Å². The van der Waals surface area contributed by atoms with Gasteiger partial charge in [-0.3, -0.25) is 9.59 Å². The Kier molecular flexibility index (Phi) is 6.65. The third-order valence-electron chi connectivity index (χ3n) is 3.78. The SMILES string of the molecule is Cc1ccc(NC(=O)CN(C)C(=O)[C@H](C)OC(=O)c2cccc(F)c2)cc1. The van der Waals surface area contributed by atoms with E-state index in [0.29, 0.717) is 5.69 Å². The molecule has 0 spiro atoms. The van der Waals surface area contributed by atoms with Crippen LogP contribution >= 0.6 is 0 Å². The normalized spacial score (nSPS) is 11.4. The Bertz CT molecular complexity index is 836. The molecule has 7 heteroatoms. The third kappa shape index (κ3) is 5.91. The van der Waals surface area contributed by atoms with Gasteiger partial charge in [-0.1, -0.05) is 23.8 Å². The van der Waals surface area contributed by atoms with Crippen molar-refractivity contribution >= 4 is 23.5 Å². The van der Waals surface area contributed by atoms with Crippen LogP contribution in [0.3, 0.4) is 0 Å². The lowest BCUT2D eigenvalue weighted by Gasteiger charge is -2.21. The molecule has 1 atom stereocenters. The number of carbonyl (C=O) groups is 3. The molecule has 0 saturated heterocycles. The summed E-state index contributed by atoms with van der Waals surface area (Å²) in [5.41, 5.74) is 1.70. The minimum atomic E-state index is -1.11. The molecule has 0 fully saturated rings. The number of halogens is 1. The summed E-state index contributed by atoms with van der Waals surface area (Å²) in [7, 11) is 1.43. The van der Waals surface area contributed by atoms with Gasteiger partial charge >= 0.3 is 5.97 Å². The largest absolute Gasteiger partial charge is 0.449 e. The van der Waals surface area contributed by atoms with Crippen LogP contribution in [0, 0.1) is 12.7 Å². The summed E-state index contributed by atoms with van der Waals surface area (Å²) in [6.45, 7) is 3.13. The standard InChI is InChI=1S/C20H21FN2O4/c1-13-7-9-17(10-8-13)22-18(24)12-23(3)19(25)14(2)27-20(26)15-5-4-6-16(21)11-15/h4-11,14H,12H2,1-3H3,(H,22,24)/t14-/m0/s1. The smallest absolute Gasteiger partial charge is 0.339 e. The van der Waals surface area contributed by atoms with Crippen LogP contribution in [0.1, 0.15) is 22.8 Å². The van der Waals surface area contributed by atoms with Crippen LogP contribution in [0.5, 0.6) is 0 Å². The van der Waals surface area contributed by atoms with Gasteiger partial charge in [-0.05, 0) is 44.2 Å². The highest BCUT2D eigenvalue weighted by molar-refractivity contribution is 5.96. The molecule has 27 heavy (non-hydrogen) atoms. The summed E-state index contributed by atoms with van der Waals surface area (Å²) in [5, 5.41) is 2.68. The molecule has 2 aromatic carbocycles. The van der Waals surface area contributed by atoms with Crippen LogP contribution in [-0.4, -0.2) is 42.4 Å². The fraction of sp³-hybridized carbons (Fsp3) is 0.250. The van der Waals surface area contributed by atoms with Crippen molar-refractivity contribution in [3.8, 4) is 0 Å². The number of nitrogens with zero attached hydrogens (tertiary/aromatic N) is 1. The molecule has 0 aromatic heterocycles. The third-order valence-corrected chi connectivity index (χ3v) is 3.78. The van der Waals surface area contributed by atoms with Gasteiger partial charge in [0.1, 0.15) is 5.82 Å². The van der Waals surface area contributed by atoms with Crippen molar-refractivity contribution in [2.24, 2.45) is 0 Å². The fourth-order valence-corrected chi connectivity index (χ4v) is 2.34. The molecule has 0 aliphatic carbocycles. The molecule has 2 amide bonds. The van der Waals surface area contributed by atoms with E-state index in [2.05, 4.69) is 5.32 Å². The quantitative estimate of drug-likeness (QED) is 0.791. The molecule has 0 unspecified atom stereocenters. The topological polar surface area (TPSA) is 75.7 Å². The summed E-state index contributed by atoms with van der Waals surface area (Å²) in [4.78, 5) is 37.5. The number of esters is 1. The average molecular weight is 372 g/mol. The van der Waals surface area contributed by atoms with Gasteiger partial charge in [-0.15, -0.1) is 0 Å². The van der Waals surface area contributed by atoms with Crippen LogP contribution in [-0.2, 0) is 14.3 Å². The number of nitrogens with one attached hydrogen (secondary N) is 1. The van der Waals surface area contributed by atoms with Crippen LogP contribution in [0.2, 0.25) is 0 Å². The highest BCUT2D eigenvalue weighted by Crippen LogP contribution is 2.10. The Hall–Kier alpha value is -3.22. The van der Waals surface area contributed by atoms with Gasteiger partial charge in [0.15, 0.2) is 6.10 Å². The summed E-state index contributed by atoms with van der Waals surface area (Å²) in [5.74, 6) is -2.31. The Balaban J connectivity index is 1.88. The summed E-state index contributed by atoms with van der Waals surface area (Å²) in [6, 6.07) is 12.2. The van der Waals surface area contributed by atoms with Gasteiger partial charge < -0.3 is 15.0 Å². The number of anilines is 1. The number of carbonyl (C=O) groups excluding carboxylic acids is 3. The van der Waals surface area contributed by atoms with E-state index >= 15 is 0 Å². The average Bonchev–Trinajstić information content (AvgIpc) is 2.62. The first kappa shape index (κ1) is 20.1. The zero-order valence-electron chi connectivity index (χ0n) is 15.4. The molecule has 6 nitrogen and oxygen atoms in total. The lowest BCUT2D eigenvalue weighted by molar-refractivity contribution is -0.140. The van der Waals surface area contributed by atoms with Crippen molar-refractivity contribution in [3.05, 3.63) is 65.5 Å². The highest BCUT2D eigenvalue weighted by atomic mass is 19.1. The van der Waals surface area contributed by atoms with Crippen molar-refractivity contribution in [3.63, 3.8) is 0 Å². The number of hydrogen-bond acceptors (Lipinski definition) is 4. The summed E-state index contributed by atoms with van der Waals surface area (Å²) < 4.78 is 18.2. The number of rotatable bonds is 6. The number of likely N-dealkylation sites (N-methyl/N-ethyl adjacent to an activating group) is 1. The maximum absolute atomic E-state index is 13.2. The monoisotopic (exact) mass is 372 g/mol. The molecule has 142 valence electrons. The molecular formula is C20H21FN2O4. The maximum Gasteiger partial charge on any atom is 0.339 e. The lowest BCUT2D eigenvalue weighted by Crippen LogP contribution is -2.41. The molecule has 0 aliphatic heterocycles. The van der Waals surface area contributed by atoms with Gasteiger partial charge in [-0.25, -0.2) is 9.18 Å². The van der Waals surface area contributed by atoms with E-state index < -0.39 is 23.8 Å². The predicted octanol–water partition coefficient (Wildman–Crippen LogP) is 2.78. The van der Waals surface area contributed by atoms with Crippen molar-refractivity contribution in [2.45, 2.75) is 20.0 Å². The van der Waals surface area contributed by atoms with Gasteiger partial charge in [0.2, 0.25) is 5.91 Å². The first-order valence-electron chi connectivity index (χ1n) is 8.34. The molecule has 0 aliphatic rings. The second-order valence-corrected chi connectivity index (χ2v) is 6.17. The van der Waals surface area contributed by atoms with Gasteiger partial charge in [0.25, 0.3) is 5.91 Å². The summed E-state index contributed by atoms with van der Waals surface area (Å²) >= 11 is 0. The minimum Gasteiger partial charge on any atom is -0.449 e. The number of ether oxygens (including phenoxy) is 1. The van der Waals surface area contributed by atoms with Crippen molar-refractivity contribution in [2.75, 3.05) is 18.9 Å². The van der Waals surface area contributed by atoms with E-state index in [1.807, 2.05) is 19.1 Å². The first-order valence-corrected chi connectivity index (χ1v) is 8.34. The van der Waals surface area contributed by atoms with Crippen LogP contribution < -0.4 is 5.32 Å². The summed E-state index contributed by atoms with van der Waals surface area (Å²) in [6.07, 6.45) is -1.11. The minimum absolute atomic E-state index is 0.00872. The zero-order valence-corrected chi connectivity index (χ0v) is 15.4. The zero-order chi connectivity index (χ0) is 20.0. The van der Waals surface area contributed by atoms with E-state index in [0.717, 1.165) is 16.5 Å². The number of amides is 2. The Morgan fingerprint density at radius 3 is 2.44 bits per heavy atom. The van der Waals surface area contributed by atoms with E-state index in [1.54, 1.807) is 12.1 Å². The molecular weight excluding hydrogens is 351 g/mol. The van der Waals surface area contributed by atoms with Gasteiger partial charge in [-0.2, -0.15) is 0 Å². The number of aryl methyl sites for hydroxylation is 1. The van der Waals surface area contributed by atoms with Crippen molar-refractivity contribution < 1.29 is 23.5 Å². The predicted molar refractivity (Wildman–Crippen MR) is 98.7 cm³/mol. The second-order valence-electron chi connectivity index (χ2n) is 6.17. The van der Waals surface area contributed by atoms with Crippen LogP contribution in [0.4, 0.5) is 10.1 Å². The fourth-order valence-electron chi connectivity index (χ4n) is 2.34. The van der Waals surface area contributed by atoms with Crippen LogP contribution in [0.15, 0.2) is 48.5 Å². The Labute approximate surface area is 156 Å². The number of benzene rings is 2.